The quantitative estimate of drug-likeness (QED) is 0.552. The molecule has 1 aromatic heterocycles. The average molecular weight is 181 g/mol. The zero-order valence-corrected chi connectivity index (χ0v) is 6.97. The maximum Gasteiger partial charge on any atom is 0.307 e. The predicted octanol–water partition coefficient (Wildman–Crippen LogP) is -0.373. The van der Waals surface area contributed by atoms with Crippen molar-refractivity contribution in [2.45, 2.75) is 12.1 Å². The Morgan fingerprint density at radius 3 is 2.69 bits per heavy atom. The van der Waals surface area contributed by atoms with Crippen molar-refractivity contribution < 1.29 is 9.90 Å². The SMILES string of the molecule is NC(N)(CC(=O)O)c1ccccn1. The molecule has 13 heavy (non-hydrogen) atoms. The second-order valence-corrected chi connectivity index (χ2v) is 2.83. The summed E-state index contributed by atoms with van der Waals surface area (Å²) in [6.07, 6.45) is 1.18. The second kappa shape index (κ2) is 3.51. The summed E-state index contributed by atoms with van der Waals surface area (Å²) < 4.78 is 0. The molecule has 0 aliphatic heterocycles. The first kappa shape index (κ1) is 9.63. The number of rotatable bonds is 3. The van der Waals surface area contributed by atoms with Crippen LogP contribution in [0.15, 0.2) is 24.4 Å². The fraction of sp³-hybridized carbons (Fsp3) is 0.250. The molecule has 0 fully saturated rings. The first-order valence-electron chi connectivity index (χ1n) is 3.73. The van der Waals surface area contributed by atoms with Crippen molar-refractivity contribution in [3.8, 4) is 0 Å². The smallest absolute Gasteiger partial charge is 0.307 e. The number of nitrogens with two attached hydrogens (primary N) is 2. The standard InChI is InChI=1S/C8H11N3O2/c9-8(10,5-7(12)13)6-3-1-2-4-11-6/h1-4H,5,9-10H2,(H,12,13). The summed E-state index contributed by atoms with van der Waals surface area (Å²) in [6.45, 7) is 0. The molecule has 5 heteroatoms. The molecule has 70 valence electrons. The van der Waals surface area contributed by atoms with Crippen LogP contribution in [0, 0.1) is 0 Å². The highest BCUT2D eigenvalue weighted by Crippen LogP contribution is 2.12. The zero-order valence-electron chi connectivity index (χ0n) is 6.97. The molecule has 5 N–H and O–H groups in total. The molecule has 1 rings (SSSR count). The van der Waals surface area contributed by atoms with Crippen LogP contribution in [0.25, 0.3) is 0 Å². The fourth-order valence-corrected chi connectivity index (χ4v) is 0.979. The Morgan fingerprint density at radius 1 is 1.54 bits per heavy atom. The third-order valence-electron chi connectivity index (χ3n) is 1.59. The number of aromatic nitrogens is 1. The van der Waals surface area contributed by atoms with Gasteiger partial charge in [-0.1, -0.05) is 6.07 Å². The van der Waals surface area contributed by atoms with Gasteiger partial charge in [-0.15, -0.1) is 0 Å². The third kappa shape index (κ3) is 2.50. The average Bonchev–Trinajstić information content (AvgIpc) is 2.04. The van der Waals surface area contributed by atoms with Crippen molar-refractivity contribution in [3.05, 3.63) is 30.1 Å². The molecule has 5 nitrogen and oxygen atoms in total. The van der Waals surface area contributed by atoms with Crippen LogP contribution < -0.4 is 11.5 Å². The molecular weight excluding hydrogens is 170 g/mol. The molecule has 0 radical (unpaired) electrons. The second-order valence-electron chi connectivity index (χ2n) is 2.83. The number of carbonyl (C=O) groups is 1. The Balaban J connectivity index is 2.87. The predicted molar refractivity (Wildman–Crippen MR) is 46.5 cm³/mol. The van der Waals surface area contributed by atoms with E-state index in [4.69, 9.17) is 16.6 Å². The van der Waals surface area contributed by atoms with E-state index in [2.05, 4.69) is 4.98 Å². The molecule has 0 unspecified atom stereocenters. The Labute approximate surface area is 75.4 Å². The van der Waals surface area contributed by atoms with E-state index >= 15 is 0 Å². The lowest BCUT2D eigenvalue weighted by atomic mass is 10.0. The molecule has 1 aromatic rings. The van der Waals surface area contributed by atoms with Gasteiger partial charge in [0.2, 0.25) is 0 Å². The van der Waals surface area contributed by atoms with Crippen LogP contribution >= 0.6 is 0 Å². The van der Waals surface area contributed by atoms with Crippen LogP contribution in [-0.2, 0) is 10.5 Å². The lowest BCUT2D eigenvalue weighted by Crippen LogP contribution is -2.48. The number of nitrogens with zero attached hydrogens (tertiary/aromatic N) is 1. The number of aliphatic carboxylic acids is 1. The molecule has 0 spiro atoms. The first-order valence-corrected chi connectivity index (χ1v) is 3.73. The Bertz CT molecular complexity index is 298. The van der Waals surface area contributed by atoms with Crippen LogP contribution in [0.2, 0.25) is 0 Å². The van der Waals surface area contributed by atoms with Crippen LogP contribution in [0.1, 0.15) is 12.1 Å². The summed E-state index contributed by atoms with van der Waals surface area (Å²) in [6, 6.07) is 5.02. The number of pyridine rings is 1. The van der Waals surface area contributed by atoms with E-state index in [1.807, 2.05) is 0 Å². The van der Waals surface area contributed by atoms with Gasteiger partial charge >= 0.3 is 5.97 Å². The molecule has 0 atom stereocenters. The van der Waals surface area contributed by atoms with Gasteiger partial charge in [0.05, 0.1) is 12.1 Å². The van der Waals surface area contributed by atoms with Gasteiger partial charge < -0.3 is 16.6 Å². The molecule has 0 bridgehead atoms. The lowest BCUT2D eigenvalue weighted by Gasteiger charge is -2.21. The lowest BCUT2D eigenvalue weighted by molar-refractivity contribution is -0.138. The zero-order chi connectivity index (χ0) is 9.90. The van der Waals surface area contributed by atoms with E-state index in [9.17, 15) is 4.79 Å². The van der Waals surface area contributed by atoms with E-state index in [-0.39, 0.29) is 6.42 Å². The maximum atomic E-state index is 10.4. The summed E-state index contributed by atoms with van der Waals surface area (Å²) in [7, 11) is 0. The summed E-state index contributed by atoms with van der Waals surface area (Å²) in [4.78, 5) is 14.3. The van der Waals surface area contributed by atoms with Gasteiger partial charge in [0, 0.05) is 6.20 Å². The van der Waals surface area contributed by atoms with Crippen molar-refractivity contribution >= 4 is 5.97 Å². The van der Waals surface area contributed by atoms with Gasteiger partial charge in [-0.05, 0) is 12.1 Å². The van der Waals surface area contributed by atoms with Crippen molar-refractivity contribution in [2.24, 2.45) is 11.5 Å². The van der Waals surface area contributed by atoms with E-state index in [0.29, 0.717) is 5.69 Å². The molecule has 0 amide bonds. The van der Waals surface area contributed by atoms with Gasteiger partial charge in [-0.3, -0.25) is 9.78 Å². The van der Waals surface area contributed by atoms with Crippen LogP contribution in [0.3, 0.4) is 0 Å². The minimum Gasteiger partial charge on any atom is -0.481 e. The van der Waals surface area contributed by atoms with Crippen LogP contribution in [0.4, 0.5) is 0 Å². The van der Waals surface area contributed by atoms with Crippen molar-refractivity contribution in [2.75, 3.05) is 0 Å². The largest absolute Gasteiger partial charge is 0.481 e. The molecule has 0 aromatic carbocycles. The summed E-state index contributed by atoms with van der Waals surface area (Å²) in [5.41, 5.74) is 10.1. The number of carboxylic acid groups (broad SMARTS) is 1. The highest BCUT2D eigenvalue weighted by molar-refractivity contribution is 5.68. The summed E-state index contributed by atoms with van der Waals surface area (Å²) in [5, 5.41) is 8.52. The number of carboxylic acids is 1. The first-order chi connectivity index (χ1) is 6.02. The molecular formula is C8H11N3O2. The fourth-order valence-electron chi connectivity index (χ4n) is 0.979. The monoisotopic (exact) mass is 181 g/mol. The van der Waals surface area contributed by atoms with Crippen molar-refractivity contribution in [1.29, 1.82) is 0 Å². The van der Waals surface area contributed by atoms with E-state index in [0.717, 1.165) is 0 Å². The Kier molecular flexibility index (Phi) is 2.60. The van der Waals surface area contributed by atoms with Gasteiger partial charge in [0.1, 0.15) is 5.66 Å². The molecule has 0 saturated heterocycles. The normalized spacial score (nSPS) is 11.2. The maximum absolute atomic E-state index is 10.4. The highest BCUT2D eigenvalue weighted by atomic mass is 16.4. The van der Waals surface area contributed by atoms with E-state index in [1.165, 1.54) is 6.20 Å². The van der Waals surface area contributed by atoms with Gasteiger partial charge in [0.25, 0.3) is 0 Å². The van der Waals surface area contributed by atoms with Crippen molar-refractivity contribution in [3.63, 3.8) is 0 Å². The number of hydrogen-bond donors (Lipinski definition) is 3. The molecule has 1 heterocycles. The van der Waals surface area contributed by atoms with Gasteiger partial charge in [-0.25, -0.2) is 0 Å². The Hall–Kier alpha value is -1.46. The molecule has 0 saturated carbocycles. The topological polar surface area (TPSA) is 102 Å². The highest BCUT2D eigenvalue weighted by Gasteiger charge is 2.26. The van der Waals surface area contributed by atoms with Crippen molar-refractivity contribution in [1.82, 2.24) is 4.98 Å². The Morgan fingerprint density at radius 2 is 2.23 bits per heavy atom. The minimum absolute atomic E-state index is 0.343. The summed E-state index contributed by atoms with van der Waals surface area (Å²) >= 11 is 0. The molecule has 0 aliphatic carbocycles. The number of hydrogen-bond acceptors (Lipinski definition) is 4. The van der Waals surface area contributed by atoms with Crippen LogP contribution in [-0.4, -0.2) is 16.1 Å². The van der Waals surface area contributed by atoms with E-state index in [1.54, 1.807) is 18.2 Å². The molecule has 0 aliphatic rings. The van der Waals surface area contributed by atoms with Gasteiger partial charge in [-0.2, -0.15) is 0 Å². The minimum atomic E-state index is -1.40. The summed E-state index contributed by atoms with van der Waals surface area (Å²) in [5.74, 6) is -1.05. The van der Waals surface area contributed by atoms with Gasteiger partial charge in [0.15, 0.2) is 0 Å². The van der Waals surface area contributed by atoms with E-state index < -0.39 is 11.6 Å². The van der Waals surface area contributed by atoms with Crippen LogP contribution in [0.5, 0.6) is 0 Å². The third-order valence-corrected chi connectivity index (χ3v) is 1.59.